The Kier molecular flexibility index (Phi) is 15.8. The second-order valence-electron chi connectivity index (χ2n) is 14.7. The number of anilines is 2. The van der Waals surface area contributed by atoms with Gasteiger partial charge >= 0.3 is 7.60 Å². The number of aromatic nitrogens is 8. The Morgan fingerprint density at radius 1 is 0.694 bits per heavy atom. The predicted octanol–water partition coefficient (Wildman–Crippen LogP) is 7.39. The molecular formula is C42H52N10O8P2. The summed E-state index contributed by atoms with van der Waals surface area (Å²) in [5, 5.41) is 0. The first kappa shape index (κ1) is 45.8. The molecule has 0 saturated carbocycles. The summed E-state index contributed by atoms with van der Waals surface area (Å²) >= 11 is 0. The summed E-state index contributed by atoms with van der Waals surface area (Å²) in [4.78, 5) is 34.6. The Balaban J connectivity index is 0.000000223. The number of benzene rings is 3. The molecule has 0 radical (unpaired) electrons. The molecule has 18 nitrogen and oxygen atoms in total. The lowest BCUT2D eigenvalue weighted by Crippen LogP contribution is -2.19. The third-order valence-corrected chi connectivity index (χ3v) is 12.4. The molecule has 0 saturated heterocycles. The zero-order valence-corrected chi connectivity index (χ0v) is 36.8. The molecule has 3 aromatic carbocycles. The van der Waals surface area contributed by atoms with E-state index < -0.39 is 21.3 Å². The van der Waals surface area contributed by atoms with Crippen molar-refractivity contribution in [3.63, 3.8) is 0 Å². The minimum Gasteiger partial charge on any atom is -0.441 e. The van der Waals surface area contributed by atoms with E-state index in [1.54, 1.807) is 66.6 Å². The molecule has 0 fully saturated rings. The average Bonchev–Trinajstić information content (AvgIpc) is 3.86. The fraction of sp³-hybridized carbons (Fsp3) is 0.333. The molecule has 0 aliphatic rings. The van der Waals surface area contributed by atoms with Gasteiger partial charge in [-0.05, 0) is 69.5 Å². The monoisotopic (exact) mass is 886 g/mol. The van der Waals surface area contributed by atoms with Crippen molar-refractivity contribution >= 4 is 48.9 Å². The highest BCUT2D eigenvalue weighted by Gasteiger charge is 2.27. The van der Waals surface area contributed by atoms with Gasteiger partial charge in [0, 0.05) is 12.8 Å². The normalized spacial score (nSPS) is 14.3. The summed E-state index contributed by atoms with van der Waals surface area (Å²) < 4.78 is 58.0. The van der Waals surface area contributed by atoms with E-state index in [-0.39, 0.29) is 18.6 Å². The predicted molar refractivity (Wildman–Crippen MR) is 237 cm³/mol. The maximum atomic E-state index is 13.8. The highest BCUT2D eigenvalue weighted by molar-refractivity contribution is 7.59. The van der Waals surface area contributed by atoms with Crippen molar-refractivity contribution in [2.24, 2.45) is 0 Å². The van der Waals surface area contributed by atoms with Crippen LogP contribution in [0.3, 0.4) is 0 Å². The molecule has 20 heteroatoms. The zero-order chi connectivity index (χ0) is 44.1. The molecule has 0 aliphatic heterocycles. The minimum absolute atomic E-state index is 0.0100. The van der Waals surface area contributed by atoms with Gasteiger partial charge in [-0.3, -0.25) is 4.57 Å². The Morgan fingerprint density at radius 3 is 1.77 bits per heavy atom. The van der Waals surface area contributed by atoms with Gasteiger partial charge in [0.05, 0.1) is 44.6 Å². The average molecular weight is 887 g/mol. The molecule has 7 aromatic rings. The van der Waals surface area contributed by atoms with E-state index >= 15 is 0 Å². The van der Waals surface area contributed by atoms with Crippen LogP contribution in [-0.4, -0.2) is 81.6 Å². The van der Waals surface area contributed by atoms with Crippen LogP contribution in [0.1, 0.15) is 37.0 Å². The third kappa shape index (κ3) is 13.1. The maximum absolute atomic E-state index is 13.8. The van der Waals surface area contributed by atoms with Crippen molar-refractivity contribution < 1.29 is 37.3 Å². The lowest BCUT2D eigenvalue weighted by atomic mass is 10.1. The number of fused-ring (bicyclic) bond motifs is 2. The molecule has 0 bridgehead atoms. The fourth-order valence-electron chi connectivity index (χ4n) is 6.27. The van der Waals surface area contributed by atoms with Crippen LogP contribution in [0.25, 0.3) is 22.3 Å². The number of nitrogens with zero attached hydrogens (tertiary/aromatic N) is 8. The largest absolute Gasteiger partial charge is 0.441 e. The first-order chi connectivity index (χ1) is 29.8. The number of hydrogen-bond donors (Lipinski definition) is 3. The maximum Gasteiger partial charge on any atom is 0.402 e. The van der Waals surface area contributed by atoms with Gasteiger partial charge in [-0.15, -0.1) is 0 Å². The van der Waals surface area contributed by atoms with Gasteiger partial charge in [-0.2, -0.15) is 0 Å². The fourth-order valence-corrected chi connectivity index (χ4v) is 9.08. The van der Waals surface area contributed by atoms with E-state index in [1.165, 1.54) is 23.8 Å². The summed E-state index contributed by atoms with van der Waals surface area (Å²) in [6, 6.07) is 24.0. The topological polar surface area (TPSA) is 240 Å². The van der Waals surface area contributed by atoms with Crippen LogP contribution in [0.5, 0.6) is 11.5 Å². The van der Waals surface area contributed by atoms with E-state index in [2.05, 4.69) is 62.0 Å². The summed E-state index contributed by atoms with van der Waals surface area (Å²) in [6.45, 7) is 9.71. The molecule has 0 amide bonds. The van der Waals surface area contributed by atoms with E-state index in [0.717, 1.165) is 5.56 Å². The van der Waals surface area contributed by atoms with Crippen LogP contribution in [0.15, 0.2) is 104 Å². The van der Waals surface area contributed by atoms with E-state index in [9.17, 15) is 14.0 Å². The van der Waals surface area contributed by atoms with Gasteiger partial charge in [-0.1, -0.05) is 60.2 Å². The molecule has 5 N–H and O–H groups in total. The van der Waals surface area contributed by atoms with E-state index in [1.807, 2.05) is 29.7 Å². The van der Waals surface area contributed by atoms with Crippen molar-refractivity contribution in [1.29, 1.82) is 0 Å². The number of aryl methyl sites for hydroxylation is 2. The van der Waals surface area contributed by atoms with Gasteiger partial charge < -0.3 is 48.8 Å². The summed E-state index contributed by atoms with van der Waals surface area (Å²) in [5.74, 6) is 1.51. The van der Waals surface area contributed by atoms with Gasteiger partial charge in [-0.25, -0.2) is 34.5 Å². The highest BCUT2D eigenvalue weighted by Crippen LogP contribution is 2.48. The SMILES string of the molecule is C[C@H](Cn1cnc2c(N)ncnc21)OCP(=O)(O)Oc1ccccc1.Cc1ccc(COCCCP(=O)(CO[C@H](C)Cn2cnc3c(N)ncnc32)Oc2ccccc2)c(C)c1. The minimum atomic E-state index is -3.91. The number of ether oxygens (including phenoxy) is 3. The molecule has 4 heterocycles. The quantitative estimate of drug-likeness (QED) is 0.0499. The highest BCUT2D eigenvalue weighted by atomic mass is 31.2. The summed E-state index contributed by atoms with van der Waals surface area (Å²) in [5.41, 5.74) is 17.5. The number of imidazole rings is 2. The molecular weight excluding hydrogens is 834 g/mol. The van der Waals surface area contributed by atoms with Crippen molar-refractivity contribution in [1.82, 2.24) is 39.0 Å². The molecule has 7 rings (SSSR count). The molecule has 0 aliphatic carbocycles. The van der Waals surface area contributed by atoms with Crippen LogP contribution in [0.4, 0.5) is 11.6 Å². The van der Waals surface area contributed by atoms with Gasteiger partial charge in [0.25, 0.3) is 7.37 Å². The number of rotatable bonds is 20. The first-order valence-corrected chi connectivity index (χ1v) is 23.6. The number of para-hydroxylation sites is 2. The number of hydrogen-bond acceptors (Lipinski definition) is 15. The lowest BCUT2D eigenvalue weighted by molar-refractivity contribution is 0.0772. The van der Waals surface area contributed by atoms with Crippen LogP contribution in [0, 0.1) is 13.8 Å². The Morgan fingerprint density at radius 2 is 1.23 bits per heavy atom. The lowest BCUT2D eigenvalue weighted by Gasteiger charge is -2.22. The molecule has 2 unspecified atom stereocenters. The zero-order valence-electron chi connectivity index (χ0n) is 35.1. The Bertz CT molecular complexity index is 2620. The van der Waals surface area contributed by atoms with Crippen LogP contribution >= 0.6 is 15.0 Å². The van der Waals surface area contributed by atoms with Crippen LogP contribution < -0.4 is 20.5 Å². The standard InChI is InChI=1S/C27H34N5O4P.C15H18N5O4P/c1-20-10-11-23(21(2)14-20)16-34-12-7-13-37(33,36-24-8-5-4-6-9-24)19-35-22(3)15-32-18-31-25-26(28)29-17-30-27(25)32;1-11(7-20-9-19-13-14(16)17-8-18-15(13)20)23-10-25(21,22)24-12-5-3-2-4-6-12/h4-6,8-11,14,17-18,22H,7,12-13,15-16,19H2,1-3H3,(H2,28,29,30);2-6,8-9,11H,7,10H2,1H3,(H,21,22)(H2,16,17,18)/t22-,37?;11-/m11/s1. The number of nitrogen functional groups attached to an aromatic ring is 2. The van der Waals surface area contributed by atoms with Gasteiger partial charge in [0.2, 0.25) is 0 Å². The van der Waals surface area contributed by atoms with Crippen molar-refractivity contribution in [3.05, 3.63) is 121 Å². The second kappa shape index (κ2) is 21.4. The Labute approximate surface area is 359 Å². The molecule has 4 aromatic heterocycles. The third-order valence-electron chi connectivity index (χ3n) is 9.39. The van der Waals surface area contributed by atoms with Gasteiger partial charge in [0.1, 0.15) is 41.5 Å². The summed E-state index contributed by atoms with van der Waals surface area (Å²) in [7, 11) is -7.05. The van der Waals surface area contributed by atoms with Gasteiger partial charge in [0.15, 0.2) is 29.3 Å². The second-order valence-corrected chi connectivity index (χ2v) is 18.9. The molecule has 328 valence electrons. The van der Waals surface area contributed by atoms with E-state index in [4.69, 9.17) is 34.7 Å². The molecule has 0 spiro atoms. The van der Waals surface area contributed by atoms with Crippen molar-refractivity contribution in [2.75, 3.05) is 36.9 Å². The molecule has 4 atom stereocenters. The van der Waals surface area contributed by atoms with Crippen LogP contribution in [0.2, 0.25) is 0 Å². The van der Waals surface area contributed by atoms with Crippen molar-refractivity contribution in [3.8, 4) is 11.5 Å². The van der Waals surface area contributed by atoms with Crippen LogP contribution in [-0.2, 0) is 43.0 Å². The molecule has 62 heavy (non-hydrogen) atoms. The van der Waals surface area contributed by atoms with E-state index in [0.29, 0.717) is 84.3 Å². The summed E-state index contributed by atoms with van der Waals surface area (Å²) in [6.07, 6.45) is 5.88. The smallest absolute Gasteiger partial charge is 0.402 e. The Hall–Kier alpha value is -5.74. The number of nitrogens with two attached hydrogens (primary N) is 2. The first-order valence-electron chi connectivity index (χ1n) is 19.9. The van der Waals surface area contributed by atoms with Crippen molar-refractivity contribution in [2.45, 2.75) is 66.0 Å².